The van der Waals surface area contributed by atoms with Crippen LogP contribution in [0.4, 0.5) is 17.1 Å². The molecule has 172 valence electrons. The molecule has 2 aromatic heterocycles. The van der Waals surface area contributed by atoms with Gasteiger partial charge in [0.2, 0.25) is 0 Å². The Morgan fingerprint density at radius 1 is 1.24 bits per heavy atom. The lowest BCUT2D eigenvalue weighted by Gasteiger charge is -2.11. The number of fused-ring (bicyclic) bond motifs is 2. The lowest BCUT2D eigenvalue weighted by atomic mass is 10.1. The number of nitro benzene ring substituents is 1. The fourth-order valence-electron chi connectivity index (χ4n) is 3.45. The van der Waals surface area contributed by atoms with Gasteiger partial charge in [-0.15, -0.1) is 11.3 Å². The molecule has 0 unspecified atom stereocenters. The van der Waals surface area contributed by atoms with Gasteiger partial charge in [-0.1, -0.05) is 0 Å². The molecule has 0 atom stereocenters. The molecule has 1 aromatic carbocycles. The number of rotatable bonds is 5. The van der Waals surface area contributed by atoms with Crippen LogP contribution in [-0.4, -0.2) is 41.6 Å². The van der Waals surface area contributed by atoms with Gasteiger partial charge in [-0.3, -0.25) is 14.9 Å². The maximum absolute atomic E-state index is 12.5. The fraction of sp³-hybridized carbons (Fsp3) is 0.286. The van der Waals surface area contributed by atoms with E-state index in [-0.39, 0.29) is 33.4 Å². The topological polar surface area (TPSA) is 156 Å². The summed E-state index contributed by atoms with van der Waals surface area (Å²) in [6.07, 6.45) is 0.621. The van der Waals surface area contributed by atoms with Crippen LogP contribution in [0.5, 0.6) is 11.5 Å². The fourth-order valence-corrected chi connectivity index (χ4v) is 4.56. The van der Waals surface area contributed by atoms with Crippen molar-refractivity contribution in [1.82, 2.24) is 4.98 Å². The predicted octanol–water partition coefficient (Wildman–Crippen LogP) is 3.36. The second kappa shape index (κ2) is 8.90. The Labute approximate surface area is 191 Å². The van der Waals surface area contributed by atoms with E-state index in [2.05, 4.69) is 10.3 Å². The summed E-state index contributed by atoms with van der Waals surface area (Å²) in [5.41, 5.74) is 7.56. The van der Waals surface area contributed by atoms with E-state index in [9.17, 15) is 19.7 Å². The Kier molecular flexibility index (Phi) is 6.01. The summed E-state index contributed by atoms with van der Waals surface area (Å²) in [7, 11) is 0. The minimum absolute atomic E-state index is 0.0954. The summed E-state index contributed by atoms with van der Waals surface area (Å²) in [5.74, 6) is -1.04. The molecule has 0 radical (unpaired) electrons. The smallest absolute Gasteiger partial charge is 0.351 e. The monoisotopic (exact) mass is 472 g/mol. The number of thiophene rings is 1. The summed E-state index contributed by atoms with van der Waals surface area (Å²) in [6.45, 7) is 3.78. The molecule has 1 aliphatic heterocycles. The van der Waals surface area contributed by atoms with Crippen molar-refractivity contribution in [3.8, 4) is 11.5 Å². The normalized spacial score (nSPS) is 12.8. The molecule has 3 heterocycles. The number of hydrogen-bond acceptors (Lipinski definition) is 10. The minimum Gasteiger partial charge on any atom is -0.489 e. The number of hydrogen-bond donors (Lipinski definition) is 2. The molecule has 1 aliphatic rings. The first-order valence-corrected chi connectivity index (χ1v) is 10.8. The number of nitro groups is 1. The average molecular weight is 472 g/mol. The van der Waals surface area contributed by atoms with Gasteiger partial charge in [0.1, 0.15) is 15.4 Å². The van der Waals surface area contributed by atoms with Crippen molar-refractivity contribution < 1.29 is 28.7 Å². The molecule has 0 saturated carbocycles. The molecule has 0 spiro atoms. The number of pyridine rings is 1. The van der Waals surface area contributed by atoms with Crippen LogP contribution >= 0.6 is 11.3 Å². The highest BCUT2D eigenvalue weighted by Gasteiger charge is 2.24. The molecule has 4 rings (SSSR count). The number of aryl methyl sites for hydroxylation is 2. The van der Waals surface area contributed by atoms with E-state index < -0.39 is 23.4 Å². The molecule has 12 heteroatoms. The molecule has 11 nitrogen and oxygen atoms in total. The van der Waals surface area contributed by atoms with E-state index in [1.54, 1.807) is 0 Å². The molecule has 0 saturated heterocycles. The SMILES string of the molecule is Cc1cc(C)c2c(N)c(C(=O)OCC(=O)Nc3cc4c(cc3[N+](=O)[O-])OCCCO4)sc2n1. The van der Waals surface area contributed by atoms with E-state index in [1.165, 1.54) is 12.1 Å². The number of carbonyl (C=O) groups is 2. The number of anilines is 2. The van der Waals surface area contributed by atoms with Crippen LogP contribution in [0.25, 0.3) is 10.2 Å². The maximum Gasteiger partial charge on any atom is 0.351 e. The molecule has 33 heavy (non-hydrogen) atoms. The number of esters is 1. The molecular weight excluding hydrogens is 452 g/mol. The van der Waals surface area contributed by atoms with Crippen LogP contribution in [0.3, 0.4) is 0 Å². The Balaban J connectivity index is 1.49. The van der Waals surface area contributed by atoms with Crippen LogP contribution < -0.4 is 20.5 Å². The second-order valence-electron chi connectivity index (χ2n) is 7.35. The molecule has 0 bridgehead atoms. The van der Waals surface area contributed by atoms with Crippen LogP contribution in [0.2, 0.25) is 0 Å². The van der Waals surface area contributed by atoms with E-state index in [1.807, 2.05) is 19.9 Å². The van der Waals surface area contributed by atoms with Gasteiger partial charge in [0.25, 0.3) is 11.6 Å². The van der Waals surface area contributed by atoms with Crippen molar-refractivity contribution in [2.45, 2.75) is 20.3 Å². The molecule has 3 N–H and O–H groups in total. The van der Waals surface area contributed by atoms with Crippen molar-refractivity contribution in [3.05, 3.63) is 44.4 Å². The van der Waals surface area contributed by atoms with Crippen LogP contribution in [-0.2, 0) is 9.53 Å². The summed E-state index contributed by atoms with van der Waals surface area (Å²) in [4.78, 5) is 40.9. The standard InChI is InChI=1S/C21H20N4O7S/c1-10-6-11(2)23-20-17(10)18(22)19(33-20)21(27)32-9-16(26)24-12-7-14-15(8-13(12)25(28)29)31-5-3-4-30-14/h6-8H,3-5,9,22H2,1-2H3,(H,24,26). The van der Waals surface area contributed by atoms with Crippen LogP contribution in [0.15, 0.2) is 18.2 Å². The lowest BCUT2D eigenvalue weighted by Crippen LogP contribution is -2.21. The van der Waals surface area contributed by atoms with Gasteiger partial charge in [0.15, 0.2) is 18.1 Å². The van der Waals surface area contributed by atoms with Crippen molar-refractivity contribution in [3.63, 3.8) is 0 Å². The third kappa shape index (κ3) is 4.51. The van der Waals surface area contributed by atoms with Gasteiger partial charge < -0.3 is 25.3 Å². The largest absolute Gasteiger partial charge is 0.489 e. The Bertz CT molecular complexity index is 1290. The highest BCUT2D eigenvalue weighted by Crippen LogP contribution is 2.39. The van der Waals surface area contributed by atoms with E-state index >= 15 is 0 Å². The van der Waals surface area contributed by atoms with Crippen LogP contribution in [0, 0.1) is 24.0 Å². The van der Waals surface area contributed by atoms with Gasteiger partial charge in [0, 0.05) is 23.6 Å². The molecule has 1 amide bonds. The zero-order chi connectivity index (χ0) is 23.7. The first kappa shape index (κ1) is 22.3. The highest BCUT2D eigenvalue weighted by atomic mass is 32.1. The van der Waals surface area contributed by atoms with Gasteiger partial charge in [-0.25, -0.2) is 9.78 Å². The average Bonchev–Trinajstić information content (AvgIpc) is 2.93. The third-order valence-electron chi connectivity index (χ3n) is 4.88. The number of benzene rings is 1. The molecular formula is C21H20N4O7S. The quantitative estimate of drug-likeness (QED) is 0.323. The first-order chi connectivity index (χ1) is 15.7. The Hall–Kier alpha value is -3.93. The zero-order valence-corrected chi connectivity index (χ0v) is 18.6. The second-order valence-corrected chi connectivity index (χ2v) is 8.35. The summed E-state index contributed by atoms with van der Waals surface area (Å²) in [5, 5.41) is 14.5. The number of nitrogens with one attached hydrogen (secondary N) is 1. The van der Waals surface area contributed by atoms with Crippen molar-refractivity contribution in [1.29, 1.82) is 0 Å². The lowest BCUT2D eigenvalue weighted by molar-refractivity contribution is -0.384. The highest BCUT2D eigenvalue weighted by molar-refractivity contribution is 7.21. The number of nitrogen functional groups attached to an aromatic ring is 1. The maximum atomic E-state index is 12.5. The first-order valence-electron chi connectivity index (χ1n) is 9.96. The van der Waals surface area contributed by atoms with Gasteiger partial charge >= 0.3 is 5.97 Å². The minimum atomic E-state index is -0.782. The van der Waals surface area contributed by atoms with E-state index in [4.69, 9.17) is 19.9 Å². The van der Waals surface area contributed by atoms with E-state index in [0.29, 0.717) is 29.9 Å². The number of amides is 1. The van der Waals surface area contributed by atoms with Crippen molar-refractivity contribution in [2.75, 3.05) is 30.9 Å². The van der Waals surface area contributed by atoms with Crippen molar-refractivity contribution >= 4 is 50.5 Å². The number of ether oxygens (including phenoxy) is 3. The molecule has 3 aromatic rings. The number of aromatic nitrogens is 1. The number of carbonyl (C=O) groups excluding carboxylic acids is 2. The number of nitrogens with zero attached hydrogens (tertiary/aromatic N) is 2. The molecule has 0 aliphatic carbocycles. The zero-order valence-electron chi connectivity index (χ0n) is 17.8. The number of nitrogens with two attached hydrogens (primary N) is 1. The van der Waals surface area contributed by atoms with Crippen molar-refractivity contribution in [2.24, 2.45) is 0 Å². The summed E-state index contributed by atoms with van der Waals surface area (Å²) >= 11 is 1.08. The summed E-state index contributed by atoms with van der Waals surface area (Å²) < 4.78 is 16.1. The Morgan fingerprint density at radius 3 is 2.64 bits per heavy atom. The van der Waals surface area contributed by atoms with Gasteiger partial charge in [0.05, 0.1) is 29.9 Å². The van der Waals surface area contributed by atoms with Gasteiger partial charge in [-0.05, 0) is 25.5 Å². The third-order valence-corrected chi connectivity index (χ3v) is 5.96. The Morgan fingerprint density at radius 2 is 1.94 bits per heavy atom. The van der Waals surface area contributed by atoms with Crippen LogP contribution in [0.1, 0.15) is 27.3 Å². The molecule has 0 fully saturated rings. The summed E-state index contributed by atoms with van der Waals surface area (Å²) in [6, 6.07) is 4.37. The van der Waals surface area contributed by atoms with E-state index in [0.717, 1.165) is 22.6 Å². The van der Waals surface area contributed by atoms with Gasteiger partial charge in [-0.2, -0.15) is 0 Å². The predicted molar refractivity (Wildman–Crippen MR) is 121 cm³/mol.